The Morgan fingerprint density at radius 1 is 0.893 bits per heavy atom. The third kappa shape index (κ3) is 6.23. The van der Waals surface area contributed by atoms with E-state index >= 15 is 0 Å². The number of carbonyl (C=O) groups is 2. The number of hydrogen-bond acceptors (Lipinski definition) is 3. The van der Waals surface area contributed by atoms with Crippen LogP contribution in [0.15, 0.2) is 36.4 Å². The SMILES string of the molecule is CCc1cccc(CC)c1NC(=O)CN(C)CC(=O)Nc1ccc(Cl)c(Cl)c1. The Labute approximate surface area is 176 Å². The van der Waals surface area contributed by atoms with E-state index in [1.54, 1.807) is 30.1 Å². The van der Waals surface area contributed by atoms with E-state index in [1.807, 2.05) is 18.2 Å². The van der Waals surface area contributed by atoms with Crippen molar-refractivity contribution in [3.8, 4) is 0 Å². The summed E-state index contributed by atoms with van der Waals surface area (Å²) in [7, 11) is 1.72. The molecule has 0 bridgehead atoms. The molecule has 150 valence electrons. The molecule has 0 saturated carbocycles. The molecular formula is C21H25Cl2N3O2. The Hall–Kier alpha value is -2.08. The highest BCUT2D eigenvalue weighted by Crippen LogP contribution is 2.25. The number of carbonyl (C=O) groups excluding carboxylic acids is 2. The first-order valence-electron chi connectivity index (χ1n) is 9.18. The van der Waals surface area contributed by atoms with Crippen molar-refractivity contribution in [3.05, 3.63) is 57.6 Å². The van der Waals surface area contributed by atoms with Gasteiger partial charge in [-0.25, -0.2) is 0 Å². The van der Waals surface area contributed by atoms with E-state index in [-0.39, 0.29) is 24.9 Å². The second-order valence-corrected chi connectivity index (χ2v) is 7.37. The molecule has 0 radical (unpaired) electrons. The van der Waals surface area contributed by atoms with E-state index in [0.717, 1.165) is 29.7 Å². The highest BCUT2D eigenvalue weighted by atomic mass is 35.5. The molecule has 0 spiro atoms. The van der Waals surface area contributed by atoms with Gasteiger partial charge in [0, 0.05) is 11.4 Å². The first kappa shape index (κ1) is 22.2. The summed E-state index contributed by atoms with van der Waals surface area (Å²) in [6.07, 6.45) is 1.68. The lowest BCUT2D eigenvalue weighted by Crippen LogP contribution is -2.36. The lowest BCUT2D eigenvalue weighted by Gasteiger charge is -2.18. The molecule has 0 heterocycles. The van der Waals surface area contributed by atoms with Gasteiger partial charge in [0.25, 0.3) is 0 Å². The minimum absolute atomic E-state index is 0.0731. The van der Waals surface area contributed by atoms with Crippen molar-refractivity contribution in [2.75, 3.05) is 30.8 Å². The van der Waals surface area contributed by atoms with E-state index in [2.05, 4.69) is 24.5 Å². The maximum atomic E-state index is 12.5. The van der Waals surface area contributed by atoms with Crippen molar-refractivity contribution in [1.82, 2.24) is 4.90 Å². The highest BCUT2D eigenvalue weighted by molar-refractivity contribution is 6.42. The third-order valence-electron chi connectivity index (χ3n) is 4.29. The molecule has 0 atom stereocenters. The lowest BCUT2D eigenvalue weighted by molar-refractivity contribution is -0.119. The van der Waals surface area contributed by atoms with Gasteiger partial charge in [-0.15, -0.1) is 0 Å². The summed E-state index contributed by atoms with van der Waals surface area (Å²) >= 11 is 11.8. The van der Waals surface area contributed by atoms with Gasteiger partial charge in [-0.1, -0.05) is 55.2 Å². The number of likely N-dealkylation sites (N-methyl/N-ethyl adjacent to an activating group) is 1. The molecule has 2 aromatic carbocycles. The Morgan fingerprint density at radius 3 is 2.00 bits per heavy atom. The molecule has 0 aromatic heterocycles. The van der Waals surface area contributed by atoms with Gasteiger partial charge in [0.2, 0.25) is 11.8 Å². The fraction of sp³-hybridized carbons (Fsp3) is 0.333. The van der Waals surface area contributed by atoms with Crippen molar-refractivity contribution in [2.24, 2.45) is 0 Å². The zero-order valence-electron chi connectivity index (χ0n) is 16.3. The minimum Gasteiger partial charge on any atom is -0.325 e. The average molecular weight is 422 g/mol. The van der Waals surface area contributed by atoms with Crippen LogP contribution in [0, 0.1) is 0 Å². The maximum Gasteiger partial charge on any atom is 0.238 e. The van der Waals surface area contributed by atoms with E-state index < -0.39 is 0 Å². The Kier molecular flexibility index (Phi) is 8.30. The molecular weight excluding hydrogens is 397 g/mol. The summed E-state index contributed by atoms with van der Waals surface area (Å²) in [5.41, 5.74) is 3.65. The molecule has 2 amide bonds. The molecule has 0 aliphatic carbocycles. The first-order chi connectivity index (χ1) is 13.3. The Balaban J connectivity index is 1.92. The van der Waals surface area contributed by atoms with Crippen LogP contribution in [0.1, 0.15) is 25.0 Å². The standard InChI is InChI=1S/C21H25Cl2N3O2/c1-4-14-7-6-8-15(5-2)21(14)25-20(28)13-26(3)12-19(27)24-16-9-10-17(22)18(23)11-16/h6-11H,4-5,12-13H2,1-3H3,(H,24,27)(H,25,28). The van der Waals surface area contributed by atoms with Gasteiger partial charge < -0.3 is 10.6 Å². The van der Waals surface area contributed by atoms with Gasteiger partial charge in [0.1, 0.15) is 0 Å². The van der Waals surface area contributed by atoms with Gasteiger partial charge in [-0.05, 0) is 49.2 Å². The molecule has 0 saturated heterocycles. The number of nitrogens with zero attached hydrogens (tertiary/aromatic N) is 1. The predicted molar refractivity (Wildman–Crippen MR) is 116 cm³/mol. The van der Waals surface area contributed by atoms with Crippen molar-refractivity contribution in [2.45, 2.75) is 26.7 Å². The molecule has 0 unspecified atom stereocenters. The zero-order chi connectivity index (χ0) is 20.7. The van der Waals surface area contributed by atoms with Crippen LogP contribution < -0.4 is 10.6 Å². The van der Waals surface area contributed by atoms with Crippen molar-refractivity contribution in [1.29, 1.82) is 0 Å². The van der Waals surface area contributed by atoms with Gasteiger partial charge >= 0.3 is 0 Å². The molecule has 0 aliphatic rings. The molecule has 7 heteroatoms. The van der Waals surface area contributed by atoms with E-state index in [1.165, 1.54) is 0 Å². The highest BCUT2D eigenvalue weighted by Gasteiger charge is 2.14. The summed E-state index contributed by atoms with van der Waals surface area (Å²) in [5.74, 6) is -0.391. The topological polar surface area (TPSA) is 61.4 Å². The summed E-state index contributed by atoms with van der Waals surface area (Å²) in [4.78, 5) is 26.3. The number of aryl methyl sites for hydroxylation is 2. The van der Waals surface area contributed by atoms with E-state index in [9.17, 15) is 9.59 Å². The van der Waals surface area contributed by atoms with E-state index in [4.69, 9.17) is 23.2 Å². The van der Waals surface area contributed by atoms with Crippen molar-refractivity contribution < 1.29 is 9.59 Å². The Bertz CT molecular complexity index is 833. The second kappa shape index (κ2) is 10.5. The Morgan fingerprint density at radius 2 is 1.46 bits per heavy atom. The smallest absolute Gasteiger partial charge is 0.238 e. The van der Waals surface area contributed by atoms with Gasteiger partial charge in [0.15, 0.2) is 0 Å². The fourth-order valence-corrected chi connectivity index (χ4v) is 3.20. The monoisotopic (exact) mass is 421 g/mol. The van der Waals surface area contributed by atoms with Gasteiger partial charge in [-0.3, -0.25) is 14.5 Å². The summed E-state index contributed by atoms with van der Waals surface area (Å²) < 4.78 is 0. The molecule has 0 aliphatic heterocycles. The number of halogens is 2. The molecule has 2 aromatic rings. The number of amides is 2. The van der Waals surface area contributed by atoms with Crippen LogP contribution in [-0.2, 0) is 22.4 Å². The van der Waals surface area contributed by atoms with Crippen LogP contribution in [0.3, 0.4) is 0 Å². The minimum atomic E-state index is -0.239. The fourth-order valence-electron chi connectivity index (χ4n) is 2.90. The maximum absolute atomic E-state index is 12.5. The van der Waals surface area contributed by atoms with Gasteiger partial charge in [0.05, 0.1) is 23.1 Å². The van der Waals surface area contributed by atoms with Crippen LogP contribution in [0.4, 0.5) is 11.4 Å². The molecule has 2 N–H and O–H groups in total. The summed E-state index contributed by atoms with van der Waals surface area (Å²) in [6, 6.07) is 10.9. The molecule has 2 rings (SSSR count). The van der Waals surface area contributed by atoms with E-state index in [0.29, 0.717) is 15.7 Å². The average Bonchev–Trinajstić information content (AvgIpc) is 2.64. The first-order valence-corrected chi connectivity index (χ1v) is 9.93. The third-order valence-corrected chi connectivity index (χ3v) is 5.03. The number of hydrogen-bond donors (Lipinski definition) is 2. The van der Waals surface area contributed by atoms with Crippen molar-refractivity contribution in [3.63, 3.8) is 0 Å². The second-order valence-electron chi connectivity index (χ2n) is 6.56. The van der Waals surface area contributed by atoms with Crippen LogP contribution in [0.2, 0.25) is 10.0 Å². The van der Waals surface area contributed by atoms with Crippen LogP contribution in [0.25, 0.3) is 0 Å². The number of para-hydroxylation sites is 1. The molecule has 5 nitrogen and oxygen atoms in total. The normalized spacial score (nSPS) is 10.8. The number of benzene rings is 2. The lowest BCUT2D eigenvalue weighted by atomic mass is 10.0. The number of rotatable bonds is 8. The van der Waals surface area contributed by atoms with Crippen LogP contribution in [-0.4, -0.2) is 36.9 Å². The quantitative estimate of drug-likeness (QED) is 0.652. The summed E-state index contributed by atoms with van der Waals surface area (Å²) in [6.45, 7) is 4.30. The zero-order valence-corrected chi connectivity index (χ0v) is 17.8. The number of nitrogens with one attached hydrogen (secondary N) is 2. The summed E-state index contributed by atoms with van der Waals surface area (Å²) in [5, 5.41) is 6.54. The molecule has 0 fully saturated rings. The van der Waals surface area contributed by atoms with Crippen LogP contribution >= 0.6 is 23.2 Å². The number of anilines is 2. The van der Waals surface area contributed by atoms with Crippen molar-refractivity contribution >= 4 is 46.4 Å². The molecule has 28 heavy (non-hydrogen) atoms. The predicted octanol–water partition coefficient (Wildman–Crippen LogP) is 4.63. The van der Waals surface area contributed by atoms with Crippen LogP contribution in [0.5, 0.6) is 0 Å². The van der Waals surface area contributed by atoms with Gasteiger partial charge in [-0.2, -0.15) is 0 Å². The largest absolute Gasteiger partial charge is 0.325 e.